The SMILES string of the molecule is CC(C)(C)OC(=O)NCC#CCNC(=O)OC(C)(C)C. The molecule has 6 heteroatoms. The molecule has 0 rings (SSSR count). The third kappa shape index (κ3) is 12.6. The quantitative estimate of drug-likeness (QED) is 0.761. The van der Waals surface area contributed by atoms with Crippen LogP contribution in [-0.2, 0) is 9.47 Å². The van der Waals surface area contributed by atoms with Crippen molar-refractivity contribution in [1.82, 2.24) is 10.6 Å². The molecule has 0 aromatic rings. The van der Waals surface area contributed by atoms with Crippen molar-refractivity contribution in [1.29, 1.82) is 0 Å². The van der Waals surface area contributed by atoms with Gasteiger partial charge in [-0.25, -0.2) is 9.59 Å². The minimum Gasteiger partial charge on any atom is -0.444 e. The van der Waals surface area contributed by atoms with Crippen LogP contribution in [0.5, 0.6) is 0 Å². The number of hydrogen-bond donors (Lipinski definition) is 2. The zero-order valence-corrected chi connectivity index (χ0v) is 13.0. The van der Waals surface area contributed by atoms with Crippen LogP contribution in [0.3, 0.4) is 0 Å². The van der Waals surface area contributed by atoms with Gasteiger partial charge in [-0.15, -0.1) is 0 Å². The van der Waals surface area contributed by atoms with Gasteiger partial charge in [0.1, 0.15) is 11.2 Å². The molecule has 0 radical (unpaired) electrons. The molecule has 0 aliphatic heterocycles. The molecule has 20 heavy (non-hydrogen) atoms. The summed E-state index contributed by atoms with van der Waals surface area (Å²) in [6.45, 7) is 11.0. The molecule has 0 aromatic carbocycles. The number of rotatable bonds is 2. The number of nitrogens with one attached hydrogen (secondary N) is 2. The molecule has 0 fully saturated rings. The smallest absolute Gasteiger partial charge is 0.408 e. The predicted molar refractivity (Wildman–Crippen MR) is 76.2 cm³/mol. The molecule has 0 saturated carbocycles. The number of carbonyl (C=O) groups is 2. The molecule has 0 saturated heterocycles. The highest BCUT2D eigenvalue weighted by molar-refractivity contribution is 5.68. The Morgan fingerprint density at radius 3 is 1.35 bits per heavy atom. The maximum Gasteiger partial charge on any atom is 0.408 e. The van der Waals surface area contributed by atoms with Gasteiger partial charge in [0.15, 0.2) is 0 Å². The van der Waals surface area contributed by atoms with Crippen LogP contribution in [0.25, 0.3) is 0 Å². The number of carbonyl (C=O) groups excluding carboxylic acids is 2. The first-order valence-corrected chi connectivity index (χ1v) is 6.39. The van der Waals surface area contributed by atoms with Crippen LogP contribution < -0.4 is 10.6 Å². The van der Waals surface area contributed by atoms with Crippen LogP contribution in [-0.4, -0.2) is 36.5 Å². The monoisotopic (exact) mass is 284 g/mol. The Labute approximate surface area is 120 Å². The average molecular weight is 284 g/mol. The average Bonchev–Trinajstić information content (AvgIpc) is 2.17. The number of alkyl carbamates (subject to hydrolysis) is 2. The van der Waals surface area contributed by atoms with E-state index in [1.54, 1.807) is 41.5 Å². The molecule has 0 aliphatic carbocycles. The fourth-order valence-electron chi connectivity index (χ4n) is 0.986. The largest absolute Gasteiger partial charge is 0.444 e. The number of amides is 2. The van der Waals surface area contributed by atoms with Gasteiger partial charge in [-0.3, -0.25) is 0 Å². The molecular formula is C14H24N2O4. The molecule has 0 aromatic heterocycles. The third-order valence-corrected chi connectivity index (χ3v) is 1.56. The Balaban J connectivity index is 3.80. The van der Waals surface area contributed by atoms with Crippen LogP contribution in [0.1, 0.15) is 41.5 Å². The summed E-state index contributed by atoms with van der Waals surface area (Å²) in [4.78, 5) is 22.5. The van der Waals surface area contributed by atoms with Gasteiger partial charge in [0, 0.05) is 0 Å². The van der Waals surface area contributed by atoms with E-state index < -0.39 is 23.4 Å². The molecule has 0 atom stereocenters. The Bertz CT molecular complexity index is 358. The van der Waals surface area contributed by atoms with Gasteiger partial charge in [0.05, 0.1) is 13.1 Å². The lowest BCUT2D eigenvalue weighted by Gasteiger charge is -2.19. The van der Waals surface area contributed by atoms with Crippen molar-refractivity contribution in [2.45, 2.75) is 52.7 Å². The first kappa shape index (κ1) is 18.1. The zero-order valence-electron chi connectivity index (χ0n) is 13.0. The van der Waals surface area contributed by atoms with Crippen LogP contribution in [0.4, 0.5) is 9.59 Å². The van der Waals surface area contributed by atoms with Crippen LogP contribution in [0.15, 0.2) is 0 Å². The molecule has 114 valence electrons. The standard InChI is InChI=1S/C14H24N2O4/c1-13(2,3)19-11(17)15-9-7-8-10-16-12(18)20-14(4,5)6/h9-10H2,1-6H3,(H,15,17)(H,16,18). The maximum atomic E-state index is 11.3. The molecule has 0 unspecified atom stereocenters. The Morgan fingerprint density at radius 1 is 0.800 bits per heavy atom. The maximum absolute atomic E-state index is 11.3. The van der Waals surface area contributed by atoms with Gasteiger partial charge in [-0.05, 0) is 41.5 Å². The van der Waals surface area contributed by atoms with Gasteiger partial charge in [-0.2, -0.15) is 0 Å². The molecule has 6 nitrogen and oxygen atoms in total. The van der Waals surface area contributed by atoms with Crippen molar-refractivity contribution in [2.24, 2.45) is 0 Å². The lowest BCUT2D eigenvalue weighted by Crippen LogP contribution is -2.33. The van der Waals surface area contributed by atoms with E-state index in [0.717, 1.165) is 0 Å². The minimum atomic E-state index is -0.532. The Morgan fingerprint density at radius 2 is 1.10 bits per heavy atom. The summed E-state index contributed by atoms with van der Waals surface area (Å²) in [5.74, 6) is 5.38. The van der Waals surface area contributed by atoms with E-state index in [2.05, 4.69) is 22.5 Å². The second kappa shape index (κ2) is 7.63. The Kier molecular flexibility index (Phi) is 6.91. The molecule has 2 N–H and O–H groups in total. The van der Waals surface area contributed by atoms with E-state index in [1.165, 1.54) is 0 Å². The van der Waals surface area contributed by atoms with Gasteiger partial charge in [-0.1, -0.05) is 11.8 Å². The second-order valence-corrected chi connectivity index (χ2v) is 6.06. The summed E-state index contributed by atoms with van der Waals surface area (Å²) >= 11 is 0. The minimum absolute atomic E-state index is 0.158. The summed E-state index contributed by atoms with van der Waals surface area (Å²) in [5, 5.41) is 4.97. The predicted octanol–water partition coefficient (Wildman–Crippen LogP) is 2.04. The van der Waals surface area contributed by atoms with Gasteiger partial charge < -0.3 is 20.1 Å². The lowest BCUT2D eigenvalue weighted by atomic mass is 10.2. The highest BCUT2D eigenvalue weighted by Crippen LogP contribution is 2.06. The summed E-state index contributed by atoms with van der Waals surface area (Å²) in [7, 11) is 0. The highest BCUT2D eigenvalue weighted by atomic mass is 16.6. The van der Waals surface area contributed by atoms with Crippen LogP contribution in [0, 0.1) is 11.8 Å². The van der Waals surface area contributed by atoms with Crippen molar-refractivity contribution in [3.05, 3.63) is 0 Å². The third-order valence-electron chi connectivity index (χ3n) is 1.56. The normalized spacial score (nSPS) is 10.9. The van der Waals surface area contributed by atoms with E-state index in [-0.39, 0.29) is 13.1 Å². The highest BCUT2D eigenvalue weighted by Gasteiger charge is 2.15. The summed E-state index contributed by atoms with van der Waals surface area (Å²) < 4.78 is 10.1. The van der Waals surface area contributed by atoms with E-state index in [1.807, 2.05) is 0 Å². The molecule has 0 heterocycles. The van der Waals surface area contributed by atoms with Crippen LogP contribution in [0.2, 0.25) is 0 Å². The summed E-state index contributed by atoms with van der Waals surface area (Å²) in [5.41, 5.74) is -1.06. The first-order chi connectivity index (χ1) is 8.99. The van der Waals surface area contributed by atoms with E-state index >= 15 is 0 Å². The van der Waals surface area contributed by atoms with E-state index in [9.17, 15) is 9.59 Å². The van der Waals surface area contributed by atoms with Gasteiger partial charge in [0.25, 0.3) is 0 Å². The van der Waals surface area contributed by atoms with Crippen molar-refractivity contribution < 1.29 is 19.1 Å². The molecule has 0 aliphatic rings. The van der Waals surface area contributed by atoms with E-state index in [4.69, 9.17) is 9.47 Å². The van der Waals surface area contributed by atoms with Gasteiger partial charge >= 0.3 is 12.2 Å². The summed E-state index contributed by atoms with van der Waals surface area (Å²) in [6.07, 6.45) is -1.04. The summed E-state index contributed by atoms with van der Waals surface area (Å²) in [6, 6.07) is 0. The van der Waals surface area contributed by atoms with Crippen molar-refractivity contribution in [2.75, 3.05) is 13.1 Å². The van der Waals surface area contributed by atoms with Gasteiger partial charge in [0.2, 0.25) is 0 Å². The van der Waals surface area contributed by atoms with E-state index in [0.29, 0.717) is 0 Å². The lowest BCUT2D eigenvalue weighted by molar-refractivity contribution is 0.0522. The molecule has 0 spiro atoms. The molecule has 0 bridgehead atoms. The van der Waals surface area contributed by atoms with Crippen LogP contribution >= 0.6 is 0 Å². The van der Waals surface area contributed by atoms with Crippen molar-refractivity contribution in [3.8, 4) is 11.8 Å². The second-order valence-electron chi connectivity index (χ2n) is 6.06. The topological polar surface area (TPSA) is 76.7 Å². The Hall–Kier alpha value is -1.90. The molecule has 2 amide bonds. The fourth-order valence-corrected chi connectivity index (χ4v) is 0.986. The number of ether oxygens (including phenoxy) is 2. The molecular weight excluding hydrogens is 260 g/mol. The zero-order chi connectivity index (χ0) is 15.8. The first-order valence-electron chi connectivity index (χ1n) is 6.39. The van der Waals surface area contributed by atoms with Crippen molar-refractivity contribution >= 4 is 12.2 Å². The number of hydrogen-bond acceptors (Lipinski definition) is 4. The van der Waals surface area contributed by atoms with Crippen molar-refractivity contribution in [3.63, 3.8) is 0 Å². The fraction of sp³-hybridized carbons (Fsp3) is 0.714.